The van der Waals surface area contributed by atoms with Crippen molar-refractivity contribution in [3.8, 4) is 45.4 Å². The lowest BCUT2D eigenvalue weighted by molar-refractivity contribution is 0.647. The third kappa shape index (κ3) is 3.34. The summed E-state index contributed by atoms with van der Waals surface area (Å²) in [4.78, 5) is 19.1. The van der Waals surface area contributed by atoms with Crippen LogP contribution in [0.3, 0.4) is 0 Å². The number of furan rings is 1. The number of fused-ring (bicyclic) bond motifs is 6. The molecule has 0 amide bonds. The van der Waals surface area contributed by atoms with Gasteiger partial charge in [-0.05, 0) is 52.6 Å². The number of pyridine rings is 1. The van der Waals surface area contributed by atoms with E-state index in [1.165, 1.54) is 22.3 Å². The second-order valence-electron chi connectivity index (χ2n) is 10.7. The summed E-state index contributed by atoms with van der Waals surface area (Å²) in [5, 5.41) is 2.13. The maximum atomic E-state index is 6.63. The van der Waals surface area contributed by atoms with Gasteiger partial charge in [-0.1, -0.05) is 86.6 Å². The molecular weight excluding hydrogens is 492 g/mol. The van der Waals surface area contributed by atoms with Gasteiger partial charge in [0, 0.05) is 27.9 Å². The van der Waals surface area contributed by atoms with E-state index in [0.717, 1.165) is 33.1 Å². The van der Waals surface area contributed by atoms with E-state index in [2.05, 4.69) is 61.3 Å². The molecule has 0 aliphatic heterocycles. The minimum absolute atomic E-state index is 0.0989. The molecule has 0 saturated heterocycles. The van der Waals surface area contributed by atoms with Crippen molar-refractivity contribution in [3.63, 3.8) is 0 Å². The first kappa shape index (κ1) is 22.8. The van der Waals surface area contributed by atoms with Crippen molar-refractivity contribution in [2.75, 3.05) is 0 Å². The molecular formula is C35H24N4O. The minimum atomic E-state index is -0.0989. The number of rotatable bonds is 3. The first-order chi connectivity index (χ1) is 19.6. The minimum Gasteiger partial charge on any atom is -0.455 e. The van der Waals surface area contributed by atoms with Gasteiger partial charge in [0.15, 0.2) is 17.5 Å². The second kappa shape index (κ2) is 8.42. The Morgan fingerprint density at radius 2 is 1.32 bits per heavy atom. The molecule has 4 aromatic carbocycles. The van der Waals surface area contributed by atoms with Crippen molar-refractivity contribution in [2.45, 2.75) is 19.3 Å². The van der Waals surface area contributed by atoms with E-state index < -0.39 is 0 Å². The third-order valence-electron chi connectivity index (χ3n) is 8.00. The number of para-hydroxylation sites is 1. The quantitative estimate of drug-likeness (QED) is 0.236. The van der Waals surface area contributed by atoms with Crippen molar-refractivity contribution >= 4 is 21.9 Å². The van der Waals surface area contributed by atoms with Crippen LogP contribution in [0.5, 0.6) is 0 Å². The van der Waals surface area contributed by atoms with E-state index in [1.807, 2.05) is 60.7 Å². The Bertz CT molecular complexity index is 2020. The van der Waals surface area contributed by atoms with Gasteiger partial charge in [-0.2, -0.15) is 0 Å². The van der Waals surface area contributed by atoms with Crippen LogP contribution in [0.2, 0.25) is 0 Å². The molecule has 5 heteroatoms. The Kier molecular flexibility index (Phi) is 4.80. The molecule has 0 N–H and O–H groups in total. The molecule has 7 aromatic rings. The smallest absolute Gasteiger partial charge is 0.182 e. The van der Waals surface area contributed by atoms with E-state index in [-0.39, 0.29) is 5.41 Å². The van der Waals surface area contributed by atoms with Gasteiger partial charge in [0.05, 0.1) is 5.56 Å². The molecule has 0 bridgehead atoms. The predicted octanol–water partition coefficient (Wildman–Crippen LogP) is 8.47. The van der Waals surface area contributed by atoms with Crippen LogP contribution in [-0.2, 0) is 5.41 Å². The van der Waals surface area contributed by atoms with Gasteiger partial charge >= 0.3 is 0 Å². The molecule has 5 nitrogen and oxygen atoms in total. The highest BCUT2D eigenvalue weighted by Gasteiger charge is 2.36. The molecule has 0 radical (unpaired) electrons. The van der Waals surface area contributed by atoms with Crippen molar-refractivity contribution in [3.05, 3.63) is 120 Å². The maximum Gasteiger partial charge on any atom is 0.182 e. The van der Waals surface area contributed by atoms with Crippen LogP contribution in [0.1, 0.15) is 25.0 Å². The fourth-order valence-electron chi connectivity index (χ4n) is 5.99. The van der Waals surface area contributed by atoms with Crippen LogP contribution in [0, 0.1) is 0 Å². The first-order valence-corrected chi connectivity index (χ1v) is 13.4. The number of aromatic nitrogens is 4. The number of hydrogen-bond acceptors (Lipinski definition) is 5. The Morgan fingerprint density at radius 1 is 0.575 bits per heavy atom. The zero-order valence-electron chi connectivity index (χ0n) is 22.1. The van der Waals surface area contributed by atoms with Gasteiger partial charge in [0.1, 0.15) is 16.9 Å². The highest BCUT2D eigenvalue weighted by Crippen LogP contribution is 2.51. The number of hydrogen-bond donors (Lipinski definition) is 0. The van der Waals surface area contributed by atoms with E-state index in [9.17, 15) is 0 Å². The van der Waals surface area contributed by atoms with E-state index in [4.69, 9.17) is 19.4 Å². The number of nitrogens with zero attached hydrogens (tertiary/aromatic N) is 4. The SMILES string of the molecule is CC1(C)c2ccccc2-c2cc3c(cc21)oc1c(-c2nc(-c4ccccc4)nc(-c4ccccn4)n2)cccc13. The average molecular weight is 517 g/mol. The second-order valence-corrected chi connectivity index (χ2v) is 10.7. The molecule has 190 valence electrons. The standard InChI is InChI=1S/C35H24N4O/c1-35(2)27-16-7-6-13-22(27)25-19-26-23-14-10-15-24(31(23)40-30(26)20-28(25)35)33-37-32(21-11-4-3-5-12-21)38-34(39-33)29-17-8-9-18-36-29/h3-20H,1-2H3. The summed E-state index contributed by atoms with van der Waals surface area (Å²) in [6.45, 7) is 4.57. The van der Waals surface area contributed by atoms with Gasteiger partial charge in [-0.3, -0.25) is 4.98 Å². The summed E-state index contributed by atoms with van der Waals surface area (Å²) in [7, 11) is 0. The molecule has 3 aromatic heterocycles. The van der Waals surface area contributed by atoms with Crippen LogP contribution < -0.4 is 0 Å². The fourth-order valence-corrected chi connectivity index (χ4v) is 5.99. The van der Waals surface area contributed by atoms with Crippen LogP contribution in [0.15, 0.2) is 114 Å². The molecule has 0 unspecified atom stereocenters. The van der Waals surface area contributed by atoms with Crippen LogP contribution in [-0.4, -0.2) is 19.9 Å². The van der Waals surface area contributed by atoms with Gasteiger partial charge in [-0.15, -0.1) is 0 Å². The molecule has 0 saturated carbocycles. The summed E-state index contributed by atoms with van der Waals surface area (Å²) in [5.41, 5.74) is 9.16. The highest BCUT2D eigenvalue weighted by atomic mass is 16.3. The topological polar surface area (TPSA) is 64.7 Å². The molecule has 0 spiro atoms. The van der Waals surface area contributed by atoms with Crippen molar-refractivity contribution in [1.82, 2.24) is 19.9 Å². The zero-order valence-corrected chi connectivity index (χ0v) is 22.1. The number of benzene rings is 4. The molecule has 40 heavy (non-hydrogen) atoms. The monoisotopic (exact) mass is 516 g/mol. The maximum absolute atomic E-state index is 6.63. The van der Waals surface area contributed by atoms with E-state index in [0.29, 0.717) is 23.2 Å². The van der Waals surface area contributed by atoms with Crippen molar-refractivity contribution in [1.29, 1.82) is 0 Å². The van der Waals surface area contributed by atoms with Crippen molar-refractivity contribution in [2.24, 2.45) is 0 Å². The van der Waals surface area contributed by atoms with Crippen LogP contribution >= 0.6 is 0 Å². The summed E-state index contributed by atoms with van der Waals surface area (Å²) < 4.78 is 6.63. The lowest BCUT2D eigenvalue weighted by Gasteiger charge is -2.21. The van der Waals surface area contributed by atoms with Crippen LogP contribution in [0.25, 0.3) is 67.4 Å². The average Bonchev–Trinajstić information content (AvgIpc) is 3.49. The summed E-state index contributed by atoms with van der Waals surface area (Å²) >= 11 is 0. The van der Waals surface area contributed by atoms with Gasteiger partial charge in [0.2, 0.25) is 0 Å². The Labute approximate surface area is 231 Å². The lowest BCUT2D eigenvalue weighted by atomic mass is 9.82. The summed E-state index contributed by atoms with van der Waals surface area (Å²) in [6.07, 6.45) is 1.75. The molecule has 0 atom stereocenters. The van der Waals surface area contributed by atoms with Crippen molar-refractivity contribution < 1.29 is 4.42 Å². The normalized spacial score (nSPS) is 13.4. The summed E-state index contributed by atoms with van der Waals surface area (Å²) in [5.74, 6) is 1.67. The highest BCUT2D eigenvalue weighted by molar-refractivity contribution is 6.11. The van der Waals surface area contributed by atoms with Crippen LogP contribution in [0.4, 0.5) is 0 Å². The predicted molar refractivity (Wildman–Crippen MR) is 159 cm³/mol. The van der Waals surface area contributed by atoms with Gasteiger partial charge in [-0.25, -0.2) is 15.0 Å². The van der Waals surface area contributed by atoms with Gasteiger partial charge < -0.3 is 4.42 Å². The lowest BCUT2D eigenvalue weighted by Crippen LogP contribution is -2.14. The first-order valence-electron chi connectivity index (χ1n) is 13.4. The molecule has 1 aliphatic carbocycles. The largest absolute Gasteiger partial charge is 0.455 e. The van der Waals surface area contributed by atoms with Gasteiger partial charge in [0.25, 0.3) is 0 Å². The third-order valence-corrected chi connectivity index (χ3v) is 8.00. The zero-order chi connectivity index (χ0) is 26.8. The van der Waals surface area contributed by atoms with E-state index >= 15 is 0 Å². The molecule has 3 heterocycles. The Hall–Kier alpha value is -5.16. The fraction of sp³-hybridized carbons (Fsp3) is 0.0857. The molecule has 1 aliphatic rings. The van der Waals surface area contributed by atoms with E-state index in [1.54, 1.807) is 6.20 Å². The Morgan fingerprint density at radius 3 is 2.17 bits per heavy atom. The molecule has 8 rings (SSSR count). The Balaban J connectivity index is 1.37. The summed E-state index contributed by atoms with van der Waals surface area (Å²) in [6, 6.07) is 35.1. The molecule has 0 fully saturated rings.